The first-order chi connectivity index (χ1) is 13.5. The molecule has 1 saturated carbocycles. The normalized spacial score (nSPS) is 28.5. The second-order valence-corrected chi connectivity index (χ2v) is 8.62. The van der Waals surface area contributed by atoms with Gasteiger partial charge in [-0.3, -0.25) is 14.2 Å². The van der Waals surface area contributed by atoms with Gasteiger partial charge in [0.15, 0.2) is 0 Å². The van der Waals surface area contributed by atoms with E-state index in [9.17, 15) is 9.59 Å². The van der Waals surface area contributed by atoms with Crippen molar-refractivity contribution in [2.24, 2.45) is 17.6 Å². The Balaban J connectivity index is 1.57. The third kappa shape index (κ3) is 5.20. The fourth-order valence-corrected chi connectivity index (χ4v) is 4.50. The summed E-state index contributed by atoms with van der Waals surface area (Å²) in [5, 5.41) is 0. The van der Waals surface area contributed by atoms with Crippen LogP contribution in [0.5, 0.6) is 0 Å². The van der Waals surface area contributed by atoms with Gasteiger partial charge in [-0.2, -0.15) is 0 Å². The summed E-state index contributed by atoms with van der Waals surface area (Å²) in [4.78, 5) is 30.5. The average Bonchev–Trinajstić information content (AvgIpc) is 2.69. The molecule has 7 nitrogen and oxygen atoms in total. The molecule has 0 radical (unpaired) electrons. The molecule has 28 heavy (non-hydrogen) atoms. The van der Waals surface area contributed by atoms with Gasteiger partial charge in [0.25, 0.3) is 5.56 Å². The van der Waals surface area contributed by atoms with Crippen molar-refractivity contribution in [1.29, 1.82) is 0 Å². The Kier molecular flexibility index (Phi) is 7.24. The van der Waals surface area contributed by atoms with E-state index in [0.717, 1.165) is 37.5 Å². The highest BCUT2D eigenvalue weighted by Gasteiger charge is 2.34. The number of piperidine rings is 1. The van der Waals surface area contributed by atoms with Crippen molar-refractivity contribution in [1.82, 2.24) is 14.5 Å². The van der Waals surface area contributed by atoms with E-state index in [2.05, 4.69) is 18.8 Å². The average molecular weight is 391 g/mol. The fraction of sp³-hybridized carbons (Fsp3) is 0.762. The zero-order valence-corrected chi connectivity index (χ0v) is 17.1. The maximum atomic E-state index is 12.9. The Morgan fingerprint density at radius 3 is 2.71 bits per heavy atom. The Hall–Kier alpha value is -1.73. The molecule has 2 N–H and O–H groups in total. The van der Waals surface area contributed by atoms with Crippen LogP contribution >= 0.6 is 0 Å². The number of carbonyl (C=O) groups excluding carboxylic acids is 1. The lowest BCUT2D eigenvalue weighted by Gasteiger charge is -2.41. The summed E-state index contributed by atoms with van der Waals surface area (Å²) in [7, 11) is 0. The molecule has 156 valence electrons. The molecule has 3 rings (SSSR count). The SMILES string of the molecule is CC(C)C1CCC(OC[C@H]2C(N)CCCN2C(=O)Cn2cnccc2=O)CC1. The number of amides is 1. The van der Waals surface area contributed by atoms with Crippen LogP contribution in [0.3, 0.4) is 0 Å². The zero-order chi connectivity index (χ0) is 20.1. The van der Waals surface area contributed by atoms with Crippen LogP contribution in [0.1, 0.15) is 52.4 Å². The van der Waals surface area contributed by atoms with Crippen LogP contribution in [0.2, 0.25) is 0 Å². The van der Waals surface area contributed by atoms with Crippen LogP contribution in [0.25, 0.3) is 0 Å². The number of likely N-dealkylation sites (tertiary alicyclic amines) is 1. The third-order valence-corrected chi connectivity index (χ3v) is 6.41. The highest BCUT2D eigenvalue weighted by Crippen LogP contribution is 2.31. The van der Waals surface area contributed by atoms with Crippen LogP contribution in [0.15, 0.2) is 23.4 Å². The molecule has 2 aliphatic rings. The summed E-state index contributed by atoms with van der Waals surface area (Å²) in [6, 6.07) is 1.15. The summed E-state index contributed by atoms with van der Waals surface area (Å²) in [6.45, 7) is 5.73. The van der Waals surface area contributed by atoms with Crippen molar-refractivity contribution in [3.63, 3.8) is 0 Å². The van der Waals surface area contributed by atoms with Gasteiger partial charge in [-0.1, -0.05) is 13.8 Å². The predicted molar refractivity (Wildman–Crippen MR) is 108 cm³/mol. The smallest absolute Gasteiger partial charge is 0.253 e. The van der Waals surface area contributed by atoms with Gasteiger partial charge in [-0.25, -0.2) is 4.98 Å². The van der Waals surface area contributed by atoms with Gasteiger partial charge in [0, 0.05) is 24.8 Å². The second-order valence-electron chi connectivity index (χ2n) is 8.62. The maximum Gasteiger partial charge on any atom is 0.253 e. The first-order valence-electron chi connectivity index (χ1n) is 10.6. The molecule has 1 unspecified atom stereocenters. The lowest BCUT2D eigenvalue weighted by molar-refractivity contribution is -0.139. The predicted octanol–water partition coefficient (Wildman–Crippen LogP) is 1.79. The molecular formula is C21H34N4O3. The quantitative estimate of drug-likeness (QED) is 0.800. The van der Waals surface area contributed by atoms with Crippen molar-refractivity contribution in [3.8, 4) is 0 Å². The summed E-state index contributed by atoms with van der Waals surface area (Å²) in [6.07, 6.45) is 9.48. The van der Waals surface area contributed by atoms with Crippen LogP contribution in [-0.2, 0) is 16.1 Å². The number of hydrogen-bond acceptors (Lipinski definition) is 5. The number of carbonyl (C=O) groups is 1. The minimum Gasteiger partial charge on any atom is -0.376 e. The van der Waals surface area contributed by atoms with Gasteiger partial charge in [-0.05, 0) is 50.4 Å². The van der Waals surface area contributed by atoms with E-state index in [1.807, 2.05) is 4.90 Å². The standard InChI is InChI=1S/C21H34N4O3/c1-15(2)16-5-7-17(8-6-16)28-13-19-18(22)4-3-11-25(19)21(27)12-24-14-23-10-9-20(24)26/h9-10,14-19H,3-8,11-13,22H2,1-2H3/t16?,17?,18?,19-/m0/s1. The lowest BCUT2D eigenvalue weighted by atomic mass is 9.80. The molecule has 2 atom stereocenters. The Bertz CT molecular complexity index is 697. The Morgan fingerprint density at radius 1 is 1.29 bits per heavy atom. The summed E-state index contributed by atoms with van der Waals surface area (Å²) >= 11 is 0. The highest BCUT2D eigenvalue weighted by atomic mass is 16.5. The largest absolute Gasteiger partial charge is 0.376 e. The second kappa shape index (κ2) is 9.65. The van der Waals surface area contributed by atoms with Gasteiger partial charge in [0.2, 0.25) is 5.91 Å². The minimum atomic E-state index is -0.223. The van der Waals surface area contributed by atoms with E-state index in [-0.39, 0.29) is 36.2 Å². The number of aromatic nitrogens is 2. The summed E-state index contributed by atoms with van der Waals surface area (Å²) in [5.74, 6) is 1.44. The molecule has 1 aromatic rings. The molecule has 2 fully saturated rings. The minimum absolute atomic E-state index is 0.00457. The van der Waals surface area contributed by atoms with Gasteiger partial charge in [-0.15, -0.1) is 0 Å². The maximum absolute atomic E-state index is 12.9. The Morgan fingerprint density at radius 2 is 2.04 bits per heavy atom. The van der Waals surface area contributed by atoms with E-state index in [4.69, 9.17) is 10.5 Å². The van der Waals surface area contributed by atoms with Crippen molar-refractivity contribution in [3.05, 3.63) is 28.9 Å². The fourth-order valence-electron chi connectivity index (χ4n) is 4.50. The molecule has 0 bridgehead atoms. The highest BCUT2D eigenvalue weighted by molar-refractivity contribution is 5.76. The molecule has 1 aliphatic carbocycles. The van der Waals surface area contributed by atoms with Crippen LogP contribution < -0.4 is 11.3 Å². The number of hydrogen-bond donors (Lipinski definition) is 1. The first-order valence-corrected chi connectivity index (χ1v) is 10.6. The monoisotopic (exact) mass is 390 g/mol. The third-order valence-electron chi connectivity index (χ3n) is 6.41. The van der Waals surface area contributed by atoms with Crippen molar-refractivity contribution in [2.45, 2.75) is 77.1 Å². The first kappa shape index (κ1) is 21.0. The van der Waals surface area contributed by atoms with E-state index in [0.29, 0.717) is 13.2 Å². The molecular weight excluding hydrogens is 356 g/mol. The molecule has 1 saturated heterocycles. The molecule has 0 spiro atoms. The molecule has 1 amide bonds. The van der Waals surface area contributed by atoms with E-state index >= 15 is 0 Å². The van der Waals surface area contributed by atoms with Gasteiger partial charge < -0.3 is 15.4 Å². The number of nitrogens with zero attached hydrogens (tertiary/aromatic N) is 3. The molecule has 2 heterocycles. The van der Waals surface area contributed by atoms with Crippen LogP contribution in [0.4, 0.5) is 0 Å². The van der Waals surface area contributed by atoms with Gasteiger partial charge in [0.05, 0.1) is 25.1 Å². The van der Waals surface area contributed by atoms with Crippen molar-refractivity contribution < 1.29 is 9.53 Å². The van der Waals surface area contributed by atoms with E-state index in [1.165, 1.54) is 36.0 Å². The number of ether oxygens (including phenoxy) is 1. The van der Waals surface area contributed by atoms with Gasteiger partial charge >= 0.3 is 0 Å². The molecule has 0 aromatic carbocycles. The Labute approximate surface area is 167 Å². The van der Waals surface area contributed by atoms with Gasteiger partial charge in [0.1, 0.15) is 6.54 Å². The zero-order valence-electron chi connectivity index (χ0n) is 17.1. The van der Waals surface area contributed by atoms with Crippen molar-refractivity contribution >= 4 is 5.91 Å². The topological polar surface area (TPSA) is 90.4 Å². The molecule has 1 aliphatic heterocycles. The summed E-state index contributed by atoms with van der Waals surface area (Å²) < 4.78 is 7.56. The summed E-state index contributed by atoms with van der Waals surface area (Å²) in [5.41, 5.74) is 6.13. The number of rotatable bonds is 6. The lowest BCUT2D eigenvalue weighted by Crippen LogP contribution is -2.57. The van der Waals surface area contributed by atoms with Crippen LogP contribution in [-0.4, -0.2) is 51.7 Å². The van der Waals surface area contributed by atoms with Crippen molar-refractivity contribution in [2.75, 3.05) is 13.2 Å². The van der Waals surface area contributed by atoms with Crippen LogP contribution in [0, 0.1) is 11.8 Å². The molecule has 1 aromatic heterocycles. The van der Waals surface area contributed by atoms with E-state index < -0.39 is 0 Å². The number of nitrogens with two attached hydrogens (primary N) is 1. The molecule has 7 heteroatoms. The van der Waals surface area contributed by atoms with E-state index in [1.54, 1.807) is 0 Å².